The Morgan fingerprint density at radius 1 is 1.50 bits per heavy atom. The van der Waals surface area contributed by atoms with Gasteiger partial charge >= 0.3 is 0 Å². The van der Waals surface area contributed by atoms with Gasteiger partial charge in [-0.15, -0.1) is 11.8 Å². The number of hydrogen-bond acceptors (Lipinski definition) is 3. The topological polar surface area (TPSA) is 49.0 Å². The number of para-hydroxylation sites is 2. The molecule has 1 aliphatic rings. The number of amides is 1. The Balaban J connectivity index is 1.83. The summed E-state index contributed by atoms with van der Waals surface area (Å²) >= 11 is 1.75. The number of aromatic amines is 1. The van der Waals surface area contributed by atoms with E-state index < -0.39 is 0 Å². The molecule has 1 amide bonds. The molecule has 4 nitrogen and oxygen atoms in total. The van der Waals surface area contributed by atoms with Crippen LogP contribution >= 0.6 is 11.8 Å². The molecule has 3 rings (SSSR count). The van der Waals surface area contributed by atoms with Crippen LogP contribution in [0.2, 0.25) is 0 Å². The summed E-state index contributed by atoms with van der Waals surface area (Å²) in [6, 6.07) is 7.97. The zero-order valence-corrected chi connectivity index (χ0v) is 12.6. The minimum absolute atomic E-state index is 0.223. The first-order valence-electron chi connectivity index (χ1n) is 7.03. The Morgan fingerprint density at radius 2 is 2.30 bits per heavy atom. The number of nitrogens with one attached hydrogen (secondary N) is 1. The molecule has 106 valence electrons. The Hall–Kier alpha value is -1.49. The highest BCUT2D eigenvalue weighted by Gasteiger charge is 2.35. The highest BCUT2D eigenvalue weighted by molar-refractivity contribution is 8.01. The van der Waals surface area contributed by atoms with Crippen molar-refractivity contribution in [2.75, 3.05) is 5.75 Å². The van der Waals surface area contributed by atoms with Gasteiger partial charge in [-0.1, -0.05) is 32.4 Å². The molecule has 1 aliphatic heterocycles. The number of thioether (sulfide) groups is 1. The maximum Gasteiger partial charge on any atom is 0.233 e. The van der Waals surface area contributed by atoms with E-state index in [0.717, 1.165) is 23.3 Å². The lowest BCUT2D eigenvalue weighted by Crippen LogP contribution is -2.36. The van der Waals surface area contributed by atoms with E-state index in [4.69, 9.17) is 0 Å². The van der Waals surface area contributed by atoms with E-state index in [9.17, 15) is 4.79 Å². The molecule has 0 aliphatic carbocycles. The van der Waals surface area contributed by atoms with Crippen LogP contribution in [0.3, 0.4) is 0 Å². The van der Waals surface area contributed by atoms with E-state index >= 15 is 0 Å². The highest BCUT2D eigenvalue weighted by atomic mass is 32.2. The minimum atomic E-state index is 0.223. The van der Waals surface area contributed by atoms with Gasteiger partial charge < -0.3 is 9.88 Å². The van der Waals surface area contributed by atoms with Gasteiger partial charge in [0.1, 0.15) is 5.82 Å². The van der Waals surface area contributed by atoms with Crippen molar-refractivity contribution in [2.24, 2.45) is 5.92 Å². The Morgan fingerprint density at radius 3 is 3.05 bits per heavy atom. The lowest BCUT2D eigenvalue weighted by molar-refractivity contribution is -0.129. The van der Waals surface area contributed by atoms with Crippen molar-refractivity contribution in [3.63, 3.8) is 0 Å². The first kappa shape index (κ1) is 13.5. The number of carbonyl (C=O) groups is 1. The summed E-state index contributed by atoms with van der Waals surface area (Å²) in [6.45, 7) is 4.96. The fourth-order valence-corrected chi connectivity index (χ4v) is 3.94. The van der Waals surface area contributed by atoms with E-state index in [1.54, 1.807) is 11.8 Å². The molecule has 0 radical (unpaired) electrons. The monoisotopic (exact) mass is 289 g/mol. The van der Waals surface area contributed by atoms with Gasteiger partial charge in [0.25, 0.3) is 0 Å². The van der Waals surface area contributed by atoms with Crippen molar-refractivity contribution in [3.05, 3.63) is 30.1 Å². The van der Waals surface area contributed by atoms with Crippen LogP contribution in [-0.4, -0.2) is 31.9 Å². The molecule has 0 spiro atoms. The Kier molecular flexibility index (Phi) is 3.70. The van der Waals surface area contributed by atoms with Crippen LogP contribution in [0.25, 0.3) is 11.0 Å². The standard InChI is InChI=1S/C15H19N3OS/c1-3-10(2)15-18(14(19)9-20-15)8-13-16-11-6-4-5-7-12(11)17-13/h4-7,10,15H,3,8-9H2,1-2H3,(H,16,17). The first-order chi connectivity index (χ1) is 9.69. The van der Waals surface area contributed by atoms with Crippen LogP contribution in [0.4, 0.5) is 0 Å². The predicted octanol–water partition coefficient (Wildman–Crippen LogP) is 3.01. The molecule has 0 bridgehead atoms. The molecule has 2 aromatic rings. The van der Waals surface area contributed by atoms with Gasteiger partial charge in [-0.3, -0.25) is 4.79 Å². The second-order valence-corrected chi connectivity index (χ2v) is 6.41. The average molecular weight is 289 g/mol. The molecule has 1 aromatic carbocycles. The van der Waals surface area contributed by atoms with Crippen LogP contribution in [0.1, 0.15) is 26.1 Å². The first-order valence-corrected chi connectivity index (χ1v) is 8.08. The molecular formula is C15H19N3OS. The molecule has 20 heavy (non-hydrogen) atoms. The van der Waals surface area contributed by atoms with Crippen LogP contribution in [-0.2, 0) is 11.3 Å². The molecule has 0 saturated carbocycles. The van der Waals surface area contributed by atoms with E-state index in [0.29, 0.717) is 18.2 Å². The van der Waals surface area contributed by atoms with Gasteiger partial charge in [0.2, 0.25) is 5.91 Å². The predicted molar refractivity (Wildman–Crippen MR) is 82.3 cm³/mol. The zero-order chi connectivity index (χ0) is 14.1. The number of imidazole rings is 1. The lowest BCUT2D eigenvalue weighted by Gasteiger charge is -2.27. The number of rotatable bonds is 4. The zero-order valence-electron chi connectivity index (χ0n) is 11.8. The lowest BCUT2D eigenvalue weighted by atomic mass is 10.1. The van der Waals surface area contributed by atoms with E-state index in [1.807, 2.05) is 29.2 Å². The number of carbonyl (C=O) groups excluding carboxylic acids is 1. The average Bonchev–Trinajstić information content (AvgIpc) is 3.02. The van der Waals surface area contributed by atoms with Gasteiger partial charge in [-0.05, 0) is 18.1 Å². The maximum atomic E-state index is 12.1. The molecule has 2 heterocycles. The largest absolute Gasteiger partial charge is 0.340 e. The molecule has 1 saturated heterocycles. The van der Waals surface area contributed by atoms with Crippen LogP contribution in [0, 0.1) is 5.92 Å². The Bertz CT molecular complexity index is 591. The van der Waals surface area contributed by atoms with E-state index in [2.05, 4.69) is 23.8 Å². The SMILES string of the molecule is CCC(C)C1SCC(=O)N1Cc1nc2ccccc2[nH]1. The third kappa shape index (κ3) is 2.42. The molecule has 2 unspecified atom stereocenters. The summed E-state index contributed by atoms with van der Waals surface area (Å²) < 4.78 is 0. The van der Waals surface area contributed by atoms with E-state index in [1.165, 1.54) is 0 Å². The van der Waals surface area contributed by atoms with Crippen LogP contribution in [0.15, 0.2) is 24.3 Å². The van der Waals surface area contributed by atoms with Crippen molar-refractivity contribution < 1.29 is 4.79 Å². The molecule has 2 atom stereocenters. The fourth-order valence-electron chi connectivity index (χ4n) is 2.56. The Labute approximate surface area is 123 Å². The number of fused-ring (bicyclic) bond motifs is 1. The van der Waals surface area contributed by atoms with Crippen molar-refractivity contribution in [1.29, 1.82) is 0 Å². The van der Waals surface area contributed by atoms with Crippen molar-refractivity contribution >= 4 is 28.7 Å². The normalized spacial score (nSPS) is 20.8. The van der Waals surface area contributed by atoms with Gasteiger partial charge in [-0.25, -0.2) is 4.98 Å². The summed E-state index contributed by atoms with van der Waals surface area (Å²) in [5.41, 5.74) is 1.99. The smallest absolute Gasteiger partial charge is 0.233 e. The summed E-state index contributed by atoms with van der Waals surface area (Å²) in [7, 11) is 0. The summed E-state index contributed by atoms with van der Waals surface area (Å²) in [5.74, 6) is 2.20. The van der Waals surface area contributed by atoms with Crippen LogP contribution in [0.5, 0.6) is 0 Å². The minimum Gasteiger partial charge on any atom is -0.340 e. The number of nitrogens with zero attached hydrogens (tertiary/aromatic N) is 2. The number of hydrogen-bond donors (Lipinski definition) is 1. The molecule has 1 aromatic heterocycles. The van der Waals surface area contributed by atoms with Crippen LogP contribution < -0.4 is 0 Å². The summed E-state index contributed by atoms with van der Waals surface area (Å²) in [5, 5.41) is 0.278. The number of benzene rings is 1. The molecule has 1 fully saturated rings. The van der Waals surface area contributed by atoms with Gasteiger partial charge in [-0.2, -0.15) is 0 Å². The molecule has 1 N–H and O–H groups in total. The second-order valence-electron chi connectivity index (χ2n) is 5.31. The fraction of sp³-hybridized carbons (Fsp3) is 0.467. The summed E-state index contributed by atoms with van der Waals surface area (Å²) in [4.78, 5) is 21.9. The van der Waals surface area contributed by atoms with Gasteiger partial charge in [0, 0.05) is 0 Å². The van der Waals surface area contributed by atoms with Crippen molar-refractivity contribution in [2.45, 2.75) is 32.2 Å². The van der Waals surface area contributed by atoms with Gasteiger partial charge in [0.15, 0.2) is 0 Å². The maximum absolute atomic E-state index is 12.1. The second kappa shape index (κ2) is 5.48. The summed E-state index contributed by atoms with van der Waals surface area (Å²) in [6.07, 6.45) is 1.08. The van der Waals surface area contributed by atoms with Crippen molar-refractivity contribution in [1.82, 2.24) is 14.9 Å². The third-order valence-corrected chi connectivity index (χ3v) is 5.37. The molecular weight excluding hydrogens is 270 g/mol. The highest BCUT2D eigenvalue weighted by Crippen LogP contribution is 2.33. The van der Waals surface area contributed by atoms with Crippen molar-refractivity contribution in [3.8, 4) is 0 Å². The molecule has 5 heteroatoms. The van der Waals surface area contributed by atoms with Gasteiger partial charge in [0.05, 0.1) is 28.7 Å². The van der Waals surface area contributed by atoms with E-state index in [-0.39, 0.29) is 11.3 Å². The quantitative estimate of drug-likeness (QED) is 0.941. The number of aromatic nitrogens is 2. The third-order valence-electron chi connectivity index (χ3n) is 3.89. The number of H-pyrrole nitrogens is 1.